The Morgan fingerprint density at radius 1 is 1.38 bits per heavy atom. The van der Waals surface area contributed by atoms with Gasteiger partial charge in [0.05, 0.1) is 12.2 Å². The highest BCUT2D eigenvalue weighted by Gasteiger charge is 2.42. The topological polar surface area (TPSA) is 64.8 Å². The molecule has 2 heterocycles. The lowest BCUT2D eigenvalue weighted by molar-refractivity contribution is -0.0344. The molecule has 1 amide bonds. The van der Waals surface area contributed by atoms with Crippen LogP contribution in [0, 0.1) is 13.8 Å². The van der Waals surface area contributed by atoms with Crippen LogP contribution >= 0.6 is 0 Å². The lowest BCUT2D eigenvalue weighted by Gasteiger charge is -2.28. The Hall–Kier alpha value is -2.34. The molecule has 0 N–H and O–H groups in total. The molecule has 24 heavy (non-hydrogen) atoms. The van der Waals surface area contributed by atoms with Crippen LogP contribution in [-0.2, 0) is 4.74 Å². The van der Waals surface area contributed by atoms with Gasteiger partial charge in [0.2, 0.25) is 0 Å². The summed E-state index contributed by atoms with van der Waals surface area (Å²) in [6, 6.07) is 7.87. The molecule has 1 aromatic heterocycles. The number of hydrogen-bond donors (Lipinski definition) is 0. The second-order valence-corrected chi connectivity index (χ2v) is 6.23. The van der Waals surface area contributed by atoms with Crippen molar-refractivity contribution in [1.82, 2.24) is 10.1 Å². The van der Waals surface area contributed by atoms with Crippen LogP contribution in [0.1, 0.15) is 28.0 Å². The van der Waals surface area contributed by atoms with Crippen molar-refractivity contribution < 1.29 is 18.8 Å². The zero-order valence-electron chi connectivity index (χ0n) is 14.2. The van der Waals surface area contributed by atoms with E-state index in [2.05, 4.69) is 5.16 Å². The Labute approximate surface area is 141 Å². The Balaban J connectivity index is 1.68. The maximum atomic E-state index is 12.6. The summed E-state index contributed by atoms with van der Waals surface area (Å²) in [6.07, 6.45) is 2.12. The minimum atomic E-state index is -0.497. The standard InChI is InChI=1S/C18H22N2O4/c1-13-6-4-5-7-16(13)23-12-18(22-3)8-9-20(11-18)17(21)15-10-24-19-14(15)2/h4-7,10H,8-9,11-12H2,1-3H3/t18-/m0/s1. The zero-order chi connectivity index (χ0) is 17.2. The van der Waals surface area contributed by atoms with E-state index in [-0.39, 0.29) is 5.91 Å². The van der Waals surface area contributed by atoms with Crippen LogP contribution in [-0.4, -0.2) is 48.4 Å². The van der Waals surface area contributed by atoms with E-state index in [1.165, 1.54) is 6.26 Å². The van der Waals surface area contributed by atoms with Gasteiger partial charge in [-0.1, -0.05) is 23.4 Å². The lowest BCUT2D eigenvalue weighted by Crippen LogP contribution is -2.42. The molecule has 128 valence electrons. The average molecular weight is 330 g/mol. The third kappa shape index (κ3) is 3.14. The summed E-state index contributed by atoms with van der Waals surface area (Å²) in [6.45, 7) is 5.28. The minimum absolute atomic E-state index is 0.0800. The van der Waals surface area contributed by atoms with Crippen LogP contribution in [0.15, 0.2) is 35.1 Å². The molecule has 0 radical (unpaired) electrons. The molecule has 1 fully saturated rings. The first-order valence-electron chi connectivity index (χ1n) is 7.98. The third-order valence-corrected chi connectivity index (χ3v) is 4.60. The largest absolute Gasteiger partial charge is 0.490 e. The van der Waals surface area contributed by atoms with E-state index < -0.39 is 5.60 Å². The molecule has 1 saturated heterocycles. The summed E-state index contributed by atoms with van der Waals surface area (Å²) in [4.78, 5) is 14.4. The first kappa shape index (κ1) is 16.5. The highest BCUT2D eigenvalue weighted by molar-refractivity contribution is 5.95. The van der Waals surface area contributed by atoms with Gasteiger partial charge in [0.15, 0.2) is 0 Å². The Kier molecular flexibility index (Phi) is 4.57. The molecular formula is C18H22N2O4. The predicted molar refractivity (Wildman–Crippen MR) is 88.2 cm³/mol. The Morgan fingerprint density at radius 3 is 2.83 bits per heavy atom. The Bertz CT molecular complexity index is 727. The number of carbonyl (C=O) groups is 1. The number of benzene rings is 1. The molecule has 6 nitrogen and oxygen atoms in total. The van der Waals surface area contributed by atoms with E-state index in [9.17, 15) is 4.79 Å². The molecule has 0 aliphatic carbocycles. The number of aromatic nitrogens is 1. The minimum Gasteiger partial charge on any atom is -0.490 e. The van der Waals surface area contributed by atoms with Crippen molar-refractivity contribution in [3.63, 3.8) is 0 Å². The summed E-state index contributed by atoms with van der Waals surface area (Å²) >= 11 is 0. The van der Waals surface area contributed by atoms with Gasteiger partial charge >= 0.3 is 0 Å². The molecule has 6 heteroatoms. The SMILES string of the molecule is CO[C@@]1(COc2ccccc2C)CCN(C(=O)c2conc2C)C1. The molecule has 2 aromatic rings. The number of rotatable bonds is 5. The predicted octanol–water partition coefficient (Wildman–Crippen LogP) is 2.60. The number of para-hydroxylation sites is 1. The molecule has 0 saturated carbocycles. The van der Waals surface area contributed by atoms with Gasteiger partial charge in [-0.15, -0.1) is 0 Å². The van der Waals surface area contributed by atoms with Gasteiger partial charge in [-0.3, -0.25) is 4.79 Å². The van der Waals surface area contributed by atoms with E-state index in [0.717, 1.165) is 17.7 Å². The third-order valence-electron chi connectivity index (χ3n) is 4.60. The molecule has 3 rings (SSSR count). The van der Waals surface area contributed by atoms with Crippen LogP contribution in [0.5, 0.6) is 5.75 Å². The summed E-state index contributed by atoms with van der Waals surface area (Å²) in [5, 5.41) is 3.77. The number of nitrogens with zero attached hydrogens (tertiary/aromatic N) is 2. The van der Waals surface area contributed by atoms with Crippen molar-refractivity contribution in [2.45, 2.75) is 25.9 Å². The van der Waals surface area contributed by atoms with Gasteiger partial charge < -0.3 is 18.9 Å². The molecule has 0 unspecified atom stereocenters. The number of methoxy groups -OCH3 is 1. The van der Waals surface area contributed by atoms with Crippen molar-refractivity contribution in [1.29, 1.82) is 0 Å². The van der Waals surface area contributed by atoms with E-state index in [4.69, 9.17) is 14.0 Å². The summed E-state index contributed by atoms with van der Waals surface area (Å²) in [7, 11) is 1.67. The van der Waals surface area contributed by atoms with Gasteiger partial charge in [0.1, 0.15) is 29.8 Å². The van der Waals surface area contributed by atoms with Crippen molar-refractivity contribution in [3.8, 4) is 5.75 Å². The number of ether oxygens (including phenoxy) is 2. The van der Waals surface area contributed by atoms with Gasteiger partial charge in [0.25, 0.3) is 5.91 Å². The number of aryl methyl sites for hydroxylation is 2. The second-order valence-electron chi connectivity index (χ2n) is 6.23. The highest BCUT2D eigenvalue weighted by atomic mass is 16.5. The number of hydrogen-bond acceptors (Lipinski definition) is 5. The summed E-state index contributed by atoms with van der Waals surface area (Å²) in [5.41, 5.74) is 1.69. The molecule has 1 aromatic carbocycles. The van der Waals surface area contributed by atoms with Gasteiger partial charge in [-0.05, 0) is 31.9 Å². The van der Waals surface area contributed by atoms with Crippen molar-refractivity contribution in [3.05, 3.63) is 47.3 Å². The van der Waals surface area contributed by atoms with E-state index in [0.29, 0.717) is 31.0 Å². The van der Waals surface area contributed by atoms with Crippen LogP contribution in [0.2, 0.25) is 0 Å². The molecule has 0 bridgehead atoms. The number of amides is 1. The van der Waals surface area contributed by atoms with Crippen LogP contribution in [0.3, 0.4) is 0 Å². The summed E-state index contributed by atoms with van der Waals surface area (Å²) < 4.78 is 16.6. The van der Waals surface area contributed by atoms with Crippen molar-refractivity contribution >= 4 is 5.91 Å². The zero-order valence-corrected chi connectivity index (χ0v) is 14.2. The maximum absolute atomic E-state index is 12.6. The van der Waals surface area contributed by atoms with Crippen LogP contribution in [0.4, 0.5) is 0 Å². The van der Waals surface area contributed by atoms with Gasteiger partial charge in [-0.25, -0.2) is 0 Å². The highest BCUT2D eigenvalue weighted by Crippen LogP contribution is 2.28. The Morgan fingerprint density at radius 2 is 2.17 bits per heavy atom. The number of likely N-dealkylation sites (tertiary alicyclic amines) is 1. The fourth-order valence-electron chi connectivity index (χ4n) is 2.96. The van der Waals surface area contributed by atoms with Crippen molar-refractivity contribution in [2.75, 3.05) is 26.8 Å². The fraction of sp³-hybridized carbons (Fsp3) is 0.444. The van der Waals surface area contributed by atoms with Gasteiger partial charge in [0, 0.05) is 13.7 Å². The molecule has 1 aliphatic rings. The second kappa shape index (κ2) is 6.65. The monoisotopic (exact) mass is 330 g/mol. The molecular weight excluding hydrogens is 308 g/mol. The maximum Gasteiger partial charge on any atom is 0.259 e. The number of carbonyl (C=O) groups excluding carboxylic acids is 1. The normalized spacial score (nSPS) is 20.4. The average Bonchev–Trinajstić information content (AvgIpc) is 3.21. The van der Waals surface area contributed by atoms with E-state index in [1.807, 2.05) is 31.2 Å². The molecule has 1 aliphatic heterocycles. The molecule has 0 spiro atoms. The first-order chi connectivity index (χ1) is 11.5. The van der Waals surface area contributed by atoms with Crippen LogP contribution < -0.4 is 4.74 Å². The molecule has 1 atom stereocenters. The van der Waals surface area contributed by atoms with Crippen molar-refractivity contribution in [2.24, 2.45) is 0 Å². The summed E-state index contributed by atoms with van der Waals surface area (Å²) in [5.74, 6) is 0.761. The van der Waals surface area contributed by atoms with Crippen LogP contribution in [0.25, 0.3) is 0 Å². The lowest BCUT2D eigenvalue weighted by atomic mass is 10.0. The first-order valence-corrected chi connectivity index (χ1v) is 7.98. The van der Waals surface area contributed by atoms with Gasteiger partial charge in [-0.2, -0.15) is 0 Å². The van der Waals surface area contributed by atoms with E-state index in [1.54, 1.807) is 18.9 Å². The smallest absolute Gasteiger partial charge is 0.259 e. The fourth-order valence-corrected chi connectivity index (χ4v) is 2.96. The quantitative estimate of drug-likeness (QED) is 0.843. The van der Waals surface area contributed by atoms with E-state index >= 15 is 0 Å².